The Bertz CT molecular complexity index is 473. The van der Waals surface area contributed by atoms with Crippen LogP contribution in [0.3, 0.4) is 0 Å². The van der Waals surface area contributed by atoms with E-state index in [0.29, 0.717) is 23.6 Å². The molecule has 0 atom stereocenters. The van der Waals surface area contributed by atoms with Gasteiger partial charge in [0.25, 0.3) is 0 Å². The van der Waals surface area contributed by atoms with Crippen LogP contribution in [0.5, 0.6) is 0 Å². The predicted molar refractivity (Wildman–Crippen MR) is 75.7 cm³/mol. The zero-order valence-electron chi connectivity index (χ0n) is 11.6. The van der Waals surface area contributed by atoms with E-state index in [1.165, 1.54) is 7.11 Å². The van der Waals surface area contributed by atoms with Crippen molar-refractivity contribution in [3.8, 4) is 0 Å². The number of hydrogen-bond donors (Lipinski definition) is 2. The number of aromatic nitrogens is 1. The maximum Gasteiger partial charge on any atom is 0.340 e. The summed E-state index contributed by atoms with van der Waals surface area (Å²) in [5, 5.41) is 8.93. The number of rotatable bonds is 4. The Morgan fingerprint density at radius 2 is 2.15 bits per heavy atom. The first-order chi connectivity index (χ1) is 9.67. The summed E-state index contributed by atoms with van der Waals surface area (Å²) in [6.07, 6.45) is 1.57. The molecule has 0 aromatic carbocycles. The average molecular weight is 280 g/mol. The predicted octanol–water partition coefficient (Wildman–Crippen LogP) is -0.435. The molecule has 110 valence electrons. The van der Waals surface area contributed by atoms with Crippen molar-refractivity contribution in [2.24, 2.45) is 0 Å². The number of pyridine rings is 1. The highest BCUT2D eigenvalue weighted by molar-refractivity contribution is 5.97. The average Bonchev–Trinajstić information content (AvgIpc) is 2.48. The van der Waals surface area contributed by atoms with Gasteiger partial charge in [0, 0.05) is 38.9 Å². The number of aliphatic hydroxyl groups is 1. The summed E-state index contributed by atoms with van der Waals surface area (Å²) < 4.78 is 4.71. The SMILES string of the molecule is COC(=O)c1ccnc(N2CCN(CCO)CC2)c1N. The molecule has 0 unspecified atom stereocenters. The van der Waals surface area contributed by atoms with Gasteiger partial charge in [0.1, 0.15) is 0 Å². The first-order valence-electron chi connectivity index (χ1n) is 6.58. The quantitative estimate of drug-likeness (QED) is 0.723. The molecule has 7 heteroatoms. The lowest BCUT2D eigenvalue weighted by Gasteiger charge is -2.35. The van der Waals surface area contributed by atoms with Gasteiger partial charge in [-0.15, -0.1) is 0 Å². The van der Waals surface area contributed by atoms with E-state index in [0.717, 1.165) is 26.2 Å². The van der Waals surface area contributed by atoms with Crippen molar-refractivity contribution in [3.63, 3.8) is 0 Å². The Balaban J connectivity index is 2.12. The van der Waals surface area contributed by atoms with Gasteiger partial charge in [-0.2, -0.15) is 0 Å². The van der Waals surface area contributed by atoms with Crippen molar-refractivity contribution < 1.29 is 14.6 Å². The smallest absolute Gasteiger partial charge is 0.340 e. The number of hydrogen-bond acceptors (Lipinski definition) is 7. The lowest BCUT2D eigenvalue weighted by molar-refractivity contribution is 0.0602. The van der Waals surface area contributed by atoms with E-state index in [2.05, 4.69) is 14.8 Å². The van der Waals surface area contributed by atoms with Gasteiger partial charge in [-0.3, -0.25) is 4.90 Å². The monoisotopic (exact) mass is 280 g/mol. The molecule has 0 spiro atoms. The minimum absolute atomic E-state index is 0.165. The van der Waals surface area contributed by atoms with Crippen molar-refractivity contribution in [1.82, 2.24) is 9.88 Å². The highest BCUT2D eigenvalue weighted by atomic mass is 16.5. The molecule has 3 N–H and O–H groups in total. The molecule has 0 aliphatic carbocycles. The van der Waals surface area contributed by atoms with Gasteiger partial charge in [-0.05, 0) is 6.07 Å². The topological polar surface area (TPSA) is 91.9 Å². The van der Waals surface area contributed by atoms with Crippen LogP contribution in [0.4, 0.5) is 11.5 Å². The molecule has 2 heterocycles. The number of aliphatic hydroxyl groups excluding tert-OH is 1. The highest BCUT2D eigenvalue weighted by Crippen LogP contribution is 2.25. The summed E-state index contributed by atoms with van der Waals surface area (Å²) in [5.41, 5.74) is 6.72. The first kappa shape index (κ1) is 14.5. The van der Waals surface area contributed by atoms with E-state index >= 15 is 0 Å². The molecule has 0 saturated carbocycles. The van der Waals surface area contributed by atoms with Crippen LogP contribution in [-0.4, -0.2) is 67.4 Å². The third-order valence-electron chi connectivity index (χ3n) is 3.46. The van der Waals surface area contributed by atoms with Gasteiger partial charge in [0.15, 0.2) is 5.82 Å². The molecule has 0 amide bonds. The van der Waals surface area contributed by atoms with Crippen LogP contribution in [0.1, 0.15) is 10.4 Å². The zero-order chi connectivity index (χ0) is 14.5. The summed E-state index contributed by atoms with van der Waals surface area (Å²) in [6.45, 7) is 4.05. The fourth-order valence-corrected chi connectivity index (χ4v) is 2.33. The summed E-state index contributed by atoms with van der Waals surface area (Å²) in [5.74, 6) is 0.168. The maximum atomic E-state index is 11.6. The van der Waals surface area contributed by atoms with Crippen LogP contribution < -0.4 is 10.6 Å². The molecule has 20 heavy (non-hydrogen) atoms. The highest BCUT2D eigenvalue weighted by Gasteiger charge is 2.22. The molecule has 1 aromatic rings. The fourth-order valence-electron chi connectivity index (χ4n) is 2.33. The third kappa shape index (κ3) is 3.00. The standard InChI is InChI=1S/C13H20N4O3/c1-20-13(19)10-2-3-15-12(11(10)14)17-6-4-16(5-7-17)8-9-18/h2-3,18H,4-9,14H2,1H3. The van der Waals surface area contributed by atoms with Crippen molar-refractivity contribution >= 4 is 17.5 Å². The lowest BCUT2D eigenvalue weighted by atomic mass is 10.2. The number of esters is 1. The molecule has 1 aliphatic heterocycles. The molecular formula is C13H20N4O3. The molecule has 0 radical (unpaired) electrons. The summed E-state index contributed by atoms with van der Waals surface area (Å²) in [4.78, 5) is 20.1. The van der Waals surface area contributed by atoms with Gasteiger partial charge in [0.05, 0.1) is 25.0 Å². The number of nitrogens with zero attached hydrogens (tertiary/aromatic N) is 3. The Hall–Kier alpha value is -1.86. The van der Waals surface area contributed by atoms with Crippen LogP contribution in [0, 0.1) is 0 Å². The van der Waals surface area contributed by atoms with Gasteiger partial charge < -0.3 is 20.5 Å². The maximum absolute atomic E-state index is 11.6. The number of ether oxygens (including phenoxy) is 1. The number of carbonyl (C=O) groups excluding carboxylic acids is 1. The number of β-amino-alcohol motifs (C(OH)–C–C–N with tert-alkyl or cyclic N) is 1. The molecule has 1 saturated heterocycles. The molecule has 1 aliphatic rings. The van der Waals surface area contributed by atoms with Gasteiger partial charge in [-0.1, -0.05) is 0 Å². The molecule has 0 bridgehead atoms. The number of methoxy groups -OCH3 is 1. The van der Waals surface area contributed by atoms with Gasteiger partial charge in [0.2, 0.25) is 0 Å². The Morgan fingerprint density at radius 1 is 1.45 bits per heavy atom. The van der Waals surface area contributed by atoms with Crippen LogP contribution in [0.15, 0.2) is 12.3 Å². The largest absolute Gasteiger partial charge is 0.465 e. The number of carbonyl (C=O) groups is 1. The third-order valence-corrected chi connectivity index (χ3v) is 3.46. The van der Waals surface area contributed by atoms with E-state index in [1.54, 1.807) is 12.3 Å². The second-order valence-corrected chi connectivity index (χ2v) is 4.64. The van der Waals surface area contributed by atoms with E-state index in [-0.39, 0.29) is 6.61 Å². The fraction of sp³-hybridized carbons (Fsp3) is 0.538. The minimum Gasteiger partial charge on any atom is -0.465 e. The number of anilines is 2. The molecule has 7 nitrogen and oxygen atoms in total. The van der Waals surface area contributed by atoms with E-state index < -0.39 is 5.97 Å². The summed E-state index contributed by atoms with van der Waals surface area (Å²) >= 11 is 0. The summed E-state index contributed by atoms with van der Waals surface area (Å²) in [7, 11) is 1.33. The number of nitrogens with two attached hydrogens (primary N) is 1. The Kier molecular flexibility index (Phi) is 4.75. The van der Waals surface area contributed by atoms with E-state index in [9.17, 15) is 4.79 Å². The molecule has 1 aromatic heterocycles. The van der Waals surface area contributed by atoms with Crippen LogP contribution in [0.2, 0.25) is 0 Å². The second-order valence-electron chi connectivity index (χ2n) is 4.64. The van der Waals surface area contributed by atoms with Crippen LogP contribution >= 0.6 is 0 Å². The van der Waals surface area contributed by atoms with Gasteiger partial charge in [-0.25, -0.2) is 9.78 Å². The Morgan fingerprint density at radius 3 is 2.75 bits per heavy atom. The van der Waals surface area contributed by atoms with E-state index in [1.807, 2.05) is 0 Å². The number of piperazine rings is 1. The van der Waals surface area contributed by atoms with Crippen LogP contribution in [0.25, 0.3) is 0 Å². The van der Waals surface area contributed by atoms with E-state index in [4.69, 9.17) is 15.6 Å². The second kappa shape index (κ2) is 6.53. The number of nitrogen functional groups attached to an aromatic ring is 1. The Labute approximate surface area is 117 Å². The minimum atomic E-state index is -0.454. The van der Waals surface area contributed by atoms with Crippen molar-refractivity contribution in [2.75, 3.05) is 57.1 Å². The van der Waals surface area contributed by atoms with Crippen molar-refractivity contribution in [3.05, 3.63) is 17.8 Å². The summed E-state index contributed by atoms with van der Waals surface area (Å²) in [6, 6.07) is 1.56. The zero-order valence-corrected chi connectivity index (χ0v) is 11.6. The lowest BCUT2D eigenvalue weighted by Crippen LogP contribution is -2.47. The first-order valence-corrected chi connectivity index (χ1v) is 6.58. The van der Waals surface area contributed by atoms with Gasteiger partial charge >= 0.3 is 5.97 Å². The van der Waals surface area contributed by atoms with Crippen molar-refractivity contribution in [1.29, 1.82) is 0 Å². The van der Waals surface area contributed by atoms with Crippen molar-refractivity contribution in [2.45, 2.75) is 0 Å². The normalized spacial score (nSPS) is 16.2. The molecule has 1 fully saturated rings. The molecular weight excluding hydrogens is 260 g/mol. The molecule has 2 rings (SSSR count). The van der Waals surface area contributed by atoms with Crippen LogP contribution in [-0.2, 0) is 4.74 Å².